The van der Waals surface area contributed by atoms with E-state index in [0.29, 0.717) is 12.1 Å². The minimum atomic E-state index is -4.84. The quantitative estimate of drug-likeness (QED) is 0.831. The van der Waals surface area contributed by atoms with Crippen LogP contribution in [-0.4, -0.2) is 6.54 Å². The molecule has 7 heteroatoms. The Morgan fingerprint density at radius 1 is 0.947 bits per heavy atom. The molecule has 106 valence electrons. The molecule has 0 bridgehead atoms. The van der Waals surface area contributed by atoms with Gasteiger partial charge in [0.05, 0.1) is 11.1 Å². The third-order valence-electron chi connectivity index (χ3n) is 2.33. The minimum Gasteiger partial charge on any atom is -0.330 e. The van der Waals surface area contributed by atoms with E-state index in [9.17, 15) is 26.3 Å². The molecule has 0 unspecified atom stereocenters. The second kappa shape index (κ2) is 5.64. The van der Waals surface area contributed by atoms with E-state index in [0.717, 1.165) is 12.1 Å². The highest BCUT2D eigenvalue weighted by molar-refractivity contribution is 5.59. The molecule has 0 saturated carbocycles. The summed E-state index contributed by atoms with van der Waals surface area (Å²) in [5.74, 6) is 0. The smallest absolute Gasteiger partial charge is 0.330 e. The predicted octanol–water partition coefficient (Wildman–Crippen LogP) is 4.09. The molecule has 1 rings (SSSR count). The Balaban J connectivity index is 3.41. The molecule has 0 saturated heterocycles. The summed E-state index contributed by atoms with van der Waals surface area (Å²) < 4.78 is 76.2. The third kappa shape index (κ3) is 3.99. The zero-order valence-corrected chi connectivity index (χ0v) is 9.65. The van der Waals surface area contributed by atoms with Gasteiger partial charge in [-0.25, -0.2) is 0 Å². The van der Waals surface area contributed by atoms with E-state index in [1.54, 1.807) is 0 Å². The molecule has 1 aromatic carbocycles. The van der Waals surface area contributed by atoms with Crippen molar-refractivity contribution in [2.24, 2.45) is 5.73 Å². The Bertz CT molecular complexity index is 426. The molecule has 0 radical (unpaired) electrons. The van der Waals surface area contributed by atoms with Gasteiger partial charge in [0.2, 0.25) is 0 Å². The van der Waals surface area contributed by atoms with Crippen molar-refractivity contribution < 1.29 is 26.3 Å². The highest BCUT2D eigenvalue weighted by Gasteiger charge is 2.39. The van der Waals surface area contributed by atoms with Crippen LogP contribution in [0.3, 0.4) is 0 Å². The maximum Gasteiger partial charge on any atom is 0.417 e. The lowest BCUT2D eigenvalue weighted by atomic mass is 9.99. The van der Waals surface area contributed by atoms with Crippen LogP contribution in [0.2, 0.25) is 0 Å². The Morgan fingerprint density at radius 3 is 1.79 bits per heavy atom. The van der Waals surface area contributed by atoms with Gasteiger partial charge in [0.1, 0.15) is 0 Å². The van der Waals surface area contributed by atoms with E-state index in [1.165, 1.54) is 6.08 Å². The van der Waals surface area contributed by atoms with Crippen LogP contribution in [-0.2, 0) is 12.4 Å². The van der Waals surface area contributed by atoms with Crippen LogP contribution in [0.25, 0.3) is 6.08 Å². The molecule has 1 aromatic rings. The second-order valence-corrected chi connectivity index (χ2v) is 3.74. The number of benzene rings is 1. The van der Waals surface area contributed by atoms with Crippen molar-refractivity contribution in [3.8, 4) is 0 Å². The van der Waals surface area contributed by atoms with Gasteiger partial charge in [-0.3, -0.25) is 0 Å². The number of alkyl halides is 6. The predicted molar refractivity (Wildman–Crippen MR) is 59.2 cm³/mol. The Kier molecular flexibility index (Phi) is 4.62. The third-order valence-corrected chi connectivity index (χ3v) is 2.33. The largest absolute Gasteiger partial charge is 0.417 e. The first-order valence-corrected chi connectivity index (χ1v) is 5.32. The second-order valence-electron chi connectivity index (χ2n) is 3.74. The number of hydrogen-bond donors (Lipinski definition) is 1. The number of nitrogens with two attached hydrogens (primary N) is 1. The summed E-state index contributed by atoms with van der Waals surface area (Å²) >= 11 is 0. The standard InChI is InChI=1S/C12H11F6N/c13-11(14,15)9-5-3-6-10(12(16,17)18)8(9)4-1-2-7-19/h1,3-6H,2,7,19H2. The minimum absolute atomic E-state index is 0.145. The molecule has 0 amide bonds. The number of halogens is 6. The molecular formula is C12H11F6N. The van der Waals surface area contributed by atoms with Crippen LogP contribution in [0.1, 0.15) is 23.1 Å². The fourth-order valence-electron chi connectivity index (χ4n) is 1.54. The van der Waals surface area contributed by atoms with E-state index in [-0.39, 0.29) is 13.0 Å². The van der Waals surface area contributed by atoms with Gasteiger partial charge in [-0.2, -0.15) is 26.3 Å². The summed E-state index contributed by atoms with van der Waals surface area (Å²) in [6.45, 7) is 0.145. The summed E-state index contributed by atoms with van der Waals surface area (Å²) in [6.07, 6.45) is -7.48. The SMILES string of the molecule is NCCC=Cc1c(C(F)(F)F)cccc1C(F)(F)F. The lowest BCUT2D eigenvalue weighted by Gasteiger charge is -2.16. The normalized spacial score (nSPS) is 13.2. The maximum atomic E-state index is 12.7. The highest BCUT2D eigenvalue weighted by Crippen LogP contribution is 2.39. The van der Waals surface area contributed by atoms with Gasteiger partial charge in [0.15, 0.2) is 0 Å². The molecule has 2 N–H and O–H groups in total. The molecular weight excluding hydrogens is 272 g/mol. The summed E-state index contributed by atoms with van der Waals surface area (Å²) in [5.41, 5.74) is 1.65. The summed E-state index contributed by atoms with van der Waals surface area (Å²) in [5, 5.41) is 0. The van der Waals surface area contributed by atoms with E-state index < -0.39 is 29.0 Å². The number of hydrogen-bond acceptors (Lipinski definition) is 1. The van der Waals surface area contributed by atoms with Crippen molar-refractivity contribution in [2.45, 2.75) is 18.8 Å². The van der Waals surface area contributed by atoms with E-state index in [4.69, 9.17) is 5.73 Å². The summed E-state index contributed by atoms with van der Waals surface area (Å²) in [6, 6.07) is 1.99. The van der Waals surface area contributed by atoms with Crippen LogP contribution in [0, 0.1) is 0 Å². The molecule has 0 aromatic heterocycles. The Labute approximate surface area is 105 Å². The Morgan fingerprint density at radius 2 is 1.42 bits per heavy atom. The summed E-state index contributed by atoms with van der Waals surface area (Å²) in [7, 11) is 0. The molecule has 0 atom stereocenters. The van der Waals surface area contributed by atoms with Gasteiger partial charge < -0.3 is 5.73 Å². The average molecular weight is 283 g/mol. The molecule has 19 heavy (non-hydrogen) atoms. The Hall–Kier alpha value is -1.50. The van der Waals surface area contributed by atoms with Crippen molar-refractivity contribution in [3.63, 3.8) is 0 Å². The average Bonchev–Trinajstić information content (AvgIpc) is 2.26. The van der Waals surface area contributed by atoms with Crippen molar-refractivity contribution in [2.75, 3.05) is 6.54 Å². The van der Waals surface area contributed by atoms with Crippen molar-refractivity contribution in [1.82, 2.24) is 0 Å². The van der Waals surface area contributed by atoms with Crippen LogP contribution < -0.4 is 5.73 Å². The van der Waals surface area contributed by atoms with Crippen LogP contribution in [0.5, 0.6) is 0 Å². The van der Waals surface area contributed by atoms with Gasteiger partial charge in [0.25, 0.3) is 0 Å². The van der Waals surface area contributed by atoms with Crippen molar-refractivity contribution in [1.29, 1.82) is 0 Å². The molecule has 1 nitrogen and oxygen atoms in total. The van der Waals surface area contributed by atoms with Crippen LogP contribution in [0.15, 0.2) is 24.3 Å². The highest BCUT2D eigenvalue weighted by atomic mass is 19.4. The molecule has 0 aliphatic rings. The maximum absolute atomic E-state index is 12.7. The fraction of sp³-hybridized carbons (Fsp3) is 0.333. The van der Waals surface area contributed by atoms with Gasteiger partial charge in [-0.05, 0) is 30.7 Å². The first-order valence-electron chi connectivity index (χ1n) is 5.32. The topological polar surface area (TPSA) is 26.0 Å². The molecule has 0 aliphatic heterocycles. The monoisotopic (exact) mass is 283 g/mol. The molecule has 0 fully saturated rings. The van der Waals surface area contributed by atoms with Gasteiger partial charge in [0, 0.05) is 0 Å². The van der Waals surface area contributed by atoms with E-state index in [2.05, 4.69) is 0 Å². The van der Waals surface area contributed by atoms with Gasteiger partial charge in [-0.15, -0.1) is 0 Å². The van der Waals surface area contributed by atoms with Crippen LogP contribution in [0.4, 0.5) is 26.3 Å². The van der Waals surface area contributed by atoms with Gasteiger partial charge >= 0.3 is 12.4 Å². The lowest BCUT2D eigenvalue weighted by molar-refractivity contribution is -0.143. The lowest BCUT2D eigenvalue weighted by Crippen LogP contribution is -2.14. The van der Waals surface area contributed by atoms with E-state index >= 15 is 0 Å². The fourth-order valence-corrected chi connectivity index (χ4v) is 1.54. The zero-order valence-electron chi connectivity index (χ0n) is 9.65. The van der Waals surface area contributed by atoms with Gasteiger partial charge in [-0.1, -0.05) is 18.2 Å². The van der Waals surface area contributed by atoms with E-state index in [1.807, 2.05) is 0 Å². The van der Waals surface area contributed by atoms with Crippen LogP contribution >= 0.6 is 0 Å². The van der Waals surface area contributed by atoms with Crippen molar-refractivity contribution in [3.05, 3.63) is 41.0 Å². The zero-order chi connectivity index (χ0) is 14.7. The molecule has 0 aliphatic carbocycles. The summed E-state index contributed by atoms with van der Waals surface area (Å²) in [4.78, 5) is 0. The van der Waals surface area contributed by atoms with Crippen molar-refractivity contribution >= 4 is 6.08 Å². The first-order chi connectivity index (χ1) is 8.68. The number of rotatable bonds is 3. The molecule has 0 spiro atoms. The first kappa shape index (κ1) is 15.6. The molecule has 0 heterocycles.